The maximum absolute atomic E-state index is 9.44. The number of nitrogens with zero attached hydrogens (tertiary/aromatic N) is 2. The average Bonchev–Trinajstić information content (AvgIpc) is 2.76. The van der Waals surface area contributed by atoms with Crippen LogP contribution in [0.25, 0.3) is 22.3 Å². The zero-order chi connectivity index (χ0) is 12.7. The Balaban J connectivity index is 2.28. The first kappa shape index (κ1) is 11.4. The van der Waals surface area contributed by atoms with Crippen molar-refractivity contribution in [3.63, 3.8) is 0 Å². The summed E-state index contributed by atoms with van der Waals surface area (Å²) in [4.78, 5) is 8.78. The topological polar surface area (TPSA) is 46.0 Å². The van der Waals surface area contributed by atoms with Crippen molar-refractivity contribution >= 4 is 33.8 Å². The molecule has 0 saturated carbocycles. The number of phenols is 1. The molecule has 0 aliphatic heterocycles. The van der Waals surface area contributed by atoms with E-state index in [0.717, 1.165) is 16.6 Å². The highest BCUT2D eigenvalue weighted by Gasteiger charge is 2.10. The van der Waals surface area contributed by atoms with E-state index >= 15 is 0 Å². The van der Waals surface area contributed by atoms with Crippen LogP contribution in [0.4, 0.5) is 0 Å². The average molecular weight is 277 g/mol. The van der Waals surface area contributed by atoms with Crippen molar-refractivity contribution in [3.05, 3.63) is 39.7 Å². The Hall–Kier alpha value is -1.65. The third-order valence-electron chi connectivity index (χ3n) is 2.73. The molecular formula is C13H9ClN2OS. The van der Waals surface area contributed by atoms with E-state index in [1.807, 2.05) is 17.7 Å². The Bertz CT molecular complexity index is 739. The van der Waals surface area contributed by atoms with Gasteiger partial charge < -0.3 is 5.11 Å². The normalized spacial score (nSPS) is 11.0. The summed E-state index contributed by atoms with van der Waals surface area (Å²) in [7, 11) is 0. The van der Waals surface area contributed by atoms with Crippen LogP contribution in [0.1, 0.15) is 5.56 Å². The first-order valence-electron chi connectivity index (χ1n) is 5.34. The SMILES string of the molecule is Cc1cscc1-c1nc(Cl)c2cc(O)ccc2n1. The van der Waals surface area contributed by atoms with Gasteiger partial charge in [-0.05, 0) is 36.1 Å². The van der Waals surface area contributed by atoms with Crippen molar-refractivity contribution < 1.29 is 5.11 Å². The molecular weight excluding hydrogens is 268 g/mol. The first-order chi connectivity index (χ1) is 8.65. The molecule has 3 aromatic rings. The number of benzene rings is 1. The molecule has 0 atom stereocenters. The minimum atomic E-state index is 0.160. The summed E-state index contributed by atoms with van der Waals surface area (Å²) in [5.41, 5.74) is 2.86. The number of halogens is 1. The fraction of sp³-hybridized carbons (Fsp3) is 0.0769. The third-order valence-corrected chi connectivity index (χ3v) is 3.88. The van der Waals surface area contributed by atoms with Crippen molar-refractivity contribution in [1.29, 1.82) is 0 Å². The van der Waals surface area contributed by atoms with Crippen LogP contribution in [0.3, 0.4) is 0 Å². The summed E-state index contributed by atoms with van der Waals surface area (Å²) in [6, 6.07) is 4.90. The van der Waals surface area contributed by atoms with Crippen LogP contribution in [-0.4, -0.2) is 15.1 Å². The molecule has 0 bridgehead atoms. The fourth-order valence-electron chi connectivity index (χ4n) is 1.79. The molecule has 0 radical (unpaired) electrons. The quantitative estimate of drug-likeness (QED) is 0.683. The lowest BCUT2D eigenvalue weighted by molar-refractivity contribution is 0.476. The van der Waals surface area contributed by atoms with Gasteiger partial charge in [-0.25, -0.2) is 9.97 Å². The van der Waals surface area contributed by atoms with Gasteiger partial charge in [-0.2, -0.15) is 11.3 Å². The number of hydrogen-bond donors (Lipinski definition) is 1. The van der Waals surface area contributed by atoms with Crippen molar-refractivity contribution in [3.8, 4) is 17.1 Å². The summed E-state index contributed by atoms with van der Waals surface area (Å²) < 4.78 is 0. The highest BCUT2D eigenvalue weighted by molar-refractivity contribution is 7.08. The Morgan fingerprint density at radius 2 is 2.06 bits per heavy atom. The maximum atomic E-state index is 9.44. The summed E-state index contributed by atoms with van der Waals surface area (Å²) in [6.45, 7) is 2.02. The van der Waals surface area contributed by atoms with Gasteiger partial charge in [0.25, 0.3) is 0 Å². The second kappa shape index (κ2) is 4.23. The smallest absolute Gasteiger partial charge is 0.162 e. The second-order valence-corrected chi connectivity index (χ2v) is 5.11. The van der Waals surface area contributed by atoms with E-state index in [2.05, 4.69) is 9.97 Å². The maximum Gasteiger partial charge on any atom is 0.162 e. The van der Waals surface area contributed by atoms with Crippen molar-refractivity contribution in [2.45, 2.75) is 6.92 Å². The van der Waals surface area contributed by atoms with E-state index in [1.54, 1.807) is 29.5 Å². The Kier molecular flexibility index (Phi) is 2.69. The summed E-state index contributed by atoms with van der Waals surface area (Å²) >= 11 is 7.76. The Morgan fingerprint density at radius 3 is 2.78 bits per heavy atom. The molecule has 0 amide bonds. The van der Waals surface area contributed by atoms with E-state index in [0.29, 0.717) is 16.4 Å². The van der Waals surface area contributed by atoms with Gasteiger partial charge in [0, 0.05) is 16.3 Å². The van der Waals surface area contributed by atoms with Crippen molar-refractivity contribution in [2.75, 3.05) is 0 Å². The monoisotopic (exact) mass is 276 g/mol. The molecule has 3 rings (SSSR count). The van der Waals surface area contributed by atoms with Crippen LogP contribution in [-0.2, 0) is 0 Å². The summed E-state index contributed by atoms with van der Waals surface area (Å²) in [5.74, 6) is 0.782. The van der Waals surface area contributed by atoms with Crippen molar-refractivity contribution in [2.24, 2.45) is 0 Å². The Morgan fingerprint density at radius 1 is 1.22 bits per heavy atom. The van der Waals surface area contributed by atoms with Gasteiger partial charge in [0.1, 0.15) is 10.9 Å². The van der Waals surface area contributed by atoms with Gasteiger partial charge in [0.05, 0.1) is 5.52 Å². The van der Waals surface area contributed by atoms with Crippen LogP contribution >= 0.6 is 22.9 Å². The van der Waals surface area contributed by atoms with Gasteiger partial charge in [-0.3, -0.25) is 0 Å². The predicted molar refractivity (Wildman–Crippen MR) is 74.3 cm³/mol. The largest absolute Gasteiger partial charge is 0.508 e. The molecule has 3 nitrogen and oxygen atoms in total. The Labute approximate surface area is 113 Å². The number of aryl methyl sites for hydroxylation is 1. The highest BCUT2D eigenvalue weighted by Crippen LogP contribution is 2.29. The molecule has 2 heterocycles. The molecule has 0 spiro atoms. The van der Waals surface area contributed by atoms with Crippen LogP contribution in [0.15, 0.2) is 29.0 Å². The lowest BCUT2D eigenvalue weighted by Crippen LogP contribution is -1.91. The first-order valence-corrected chi connectivity index (χ1v) is 6.66. The molecule has 5 heteroatoms. The van der Waals surface area contributed by atoms with Gasteiger partial charge in [-0.1, -0.05) is 11.6 Å². The lowest BCUT2D eigenvalue weighted by Gasteiger charge is -2.04. The van der Waals surface area contributed by atoms with E-state index in [-0.39, 0.29) is 5.75 Å². The van der Waals surface area contributed by atoms with E-state index in [4.69, 9.17) is 11.6 Å². The number of thiophene rings is 1. The molecule has 0 aliphatic rings. The number of hydrogen-bond acceptors (Lipinski definition) is 4. The third kappa shape index (κ3) is 1.83. The molecule has 0 unspecified atom stereocenters. The van der Waals surface area contributed by atoms with Gasteiger partial charge >= 0.3 is 0 Å². The van der Waals surface area contributed by atoms with Gasteiger partial charge in [-0.15, -0.1) is 0 Å². The number of fused-ring (bicyclic) bond motifs is 1. The standard InChI is InChI=1S/C13H9ClN2OS/c1-7-5-18-6-10(7)13-15-11-3-2-8(17)4-9(11)12(14)16-13/h2-6,17H,1H3. The number of aromatic hydroxyl groups is 1. The van der Waals surface area contributed by atoms with Crippen LogP contribution in [0.2, 0.25) is 5.15 Å². The van der Waals surface area contributed by atoms with E-state index in [1.165, 1.54) is 0 Å². The molecule has 18 heavy (non-hydrogen) atoms. The molecule has 90 valence electrons. The number of aromatic nitrogens is 2. The zero-order valence-electron chi connectivity index (χ0n) is 9.51. The molecule has 1 N–H and O–H groups in total. The summed E-state index contributed by atoms with van der Waals surface area (Å²) in [5, 5.41) is 14.5. The predicted octanol–water partition coefficient (Wildman–Crippen LogP) is 4.03. The molecule has 0 aliphatic carbocycles. The van der Waals surface area contributed by atoms with Crippen LogP contribution in [0, 0.1) is 6.92 Å². The van der Waals surface area contributed by atoms with Gasteiger partial charge in [0.15, 0.2) is 5.82 Å². The molecule has 2 aromatic heterocycles. The highest BCUT2D eigenvalue weighted by atomic mass is 35.5. The van der Waals surface area contributed by atoms with Crippen molar-refractivity contribution in [1.82, 2.24) is 9.97 Å². The van der Waals surface area contributed by atoms with Gasteiger partial charge in [0.2, 0.25) is 0 Å². The molecule has 0 saturated heterocycles. The summed E-state index contributed by atoms with van der Waals surface area (Å²) in [6.07, 6.45) is 0. The minimum absolute atomic E-state index is 0.160. The lowest BCUT2D eigenvalue weighted by atomic mass is 10.2. The zero-order valence-corrected chi connectivity index (χ0v) is 11.1. The number of phenolic OH excluding ortho intramolecular Hbond substituents is 1. The van der Waals surface area contributed by atoms with E-state index < -0.39 is 0 Å². The minimum Gasteiger partial charge on any atom is -0.508 e. The fourth-order valence-corrected chi connectivity index (χ4v) is 2.85. The van der Waals surface area contributed by atoms with E-state index in [9.17, 15) is 5.11 Å². The molecule has 1 aromatic carbocycles. The van der Waals surface area contributed by atoms with Crippen LogP contribution in [0.5, 0.6) is 5.75 Å². The van der Waals surface area contributed by atoms with Crippen LogP contribution < -0.4 is 0 Å². The number of rotatable bonds is 1. The second-order valence-electron chi connectivity index (χ2n) is 4.01. The molecule has 0 fully saturated rings.